The molecule has 1 amide bonds. The lowest BCUT2D eigenvalue weighted by Crippen LogP contribution is -2.35. The van der Waals surface area contributed by atoms with Crippen LogP contribution < -0.4 is 20.7 Å². The molecule has 1 atom stereocenters. The van der Waals surface area contributed by atoms with Crippen molar-refractivity contribution in [3.05, 3.63) is 105 Å². The number of amides is 1. The SMILES string of the molecule is COc1cc(CNc2cccc(-c3cccc(-c4ccc(CNCC5CCC(=O)N5)cc4)c3Cl)c2C=N)c(Cl)cc1CN1CCCC1. The van der Waals surface area contributed by atoms with Crippen molar-refractivity contribution in [1.82, 2.24) is 15.5 Å². The van der Waals surface area contributed by atoms with Crippen LogP contribution in [0, 0.1) is 5.41 Å². The molecule has 0 spiro atoms. The minimum Gasteiger partial charge on any atom is -0.496 e. The second kappa shape index (κ2) is 15.3. The van der Waals surface area contributed by atoms with E-state index in [4.69, 9.17) is 33.3 Å². The third kappa shape index (κ3) is 7.82. The van der Waals surface area contributed by atoms with Gasteiger partial charge in [-0.05, 0) is 72.8 Å². The molecule has 2 heterocycles. The third-order valence-corrected chi connectivity index (χ3v) is 9.88. The van der Waals surface area contributed by atoms with Crippen LogP contribution in [0.4, 0.5) is 5.69 Å². The first-order valence-electron chi connectivity index (χ1n) is 16.3. The van der Waals surface area contributed by atoms with Gasteiger partial charge in [-0.25, -0.2) is 0 Å². The topological polar surface area (TPSA) is 89.5 Å². The number of anilines is 1. The summed E-state index contributed by atoms with van der Waals surface area (Å²) in [7, 11) is 1.70. The number of ether oxygens (including phenoxy) is 1. The van der Waals surface area contributed by atoms with Crippen LogP contribution in [0.3, 0.4) is 0 Å². The molecule has 2 saturated heterocycles. The van der Waals surface area contributed by atoms with Gasteiger partial charge in [-0.1, -0.05) is 77.8 Å². The Hall–Kier alpha value is -3.88. The Labute approximate surface area is 287 Å². The molecule has 0 saturated carbocycles. The van der Waals surface area contributed by atoms with Crippen LogP contribution in [0.15, 0.2) is 72.8 Å². The van der Waals surface area contributed by atoms with Crippen molar-refractivity contribution in [2.75, 3.05) is 32.1 Å². The fourth-order valence-electron chi connectivity index (χ4n) is 6.55. The van der Waals surface area contributed by atoms with E-state index in [0.717, 1.165) is 95.1 Å². The van der Waals surface area contributed by atoms with E-state index in [0.29, 0.717) is 23.0 Å². The summed E-state index contributed by atoms with van der Waals surface area (Å²) in [4.78, 5) is 13.9. The average Bonchev–Trinajstić information content (AvgIpc) is 3.76. The molecule has 4 N–H and O–H groups in total. The zero-order valence-corrected chi connectivity index (χ0v) is 28.2. The zero-order chi connectivity index (χ0) is 32.8. The minimum atomic E-state index is 0.135. The normalized spacial score (nSPS) is 16.3. The Bertz CT molecular complexity index is 1740. The largest absolute Gasteiger partial charge is 0.496 e. The first kappa shape index (κ1) is 33.0. The summed E-state index contributed by atoms with van der Waals surface area (Å²) in [5.74, 6) is 0.974. The predicted octanol–water partition coefficient (Wildman–Crippen LogP) is 7.91. The number of hydrogen-bond donors (Lipinski definition) is 4. The molecular formula is C38H41Cl2N5O2. The molecule has 4 aromatic rings. The molecule has 2 fully saturated rings. The smallest absolute Gasteiger partial charge is 0.220 e. The first-order valence-corrected chi connectivity index (χ1v) is 17.0. The lowest BCUT2D eigenvalue weighted by Gasteiger charge is -2.19. The molecule has 0 bridgehead atoms. The van der Waals surface area contributed by atoms with Crippen LogP contribution in [-0.4, -0.2) is 49.8 Å². The summed E-state index contributed by atoms with van der Waals surface area (Å²) < 4.78 is 5.75. The van der Waals surface area contributed by atoms with Crippen molar-refractivity contribution in [2.24, 2.45) is 0 Å². The molecule has 0 aromatic heterocycles. The molecule has 2 aliphatic heterocycles. The Balaban J connectivity index is 1.17. The quantitative estimate of drug-likeness (QED) is 0.109. The van der Waals surface area contributed by atoms with Crippen molar-refractivity contribution < 1.29 is 9.53 Å². The van der Waals surface area contributed by atoms with Gasteiger partial charge in [-0.15, -0.1) is 0 Å². The summed E-state index contributed by atoms with van der Waals surface area (Å²) in [5.41, 5.74) is 8.45. The minimum absolute atomic E-state index is 0.135. The van der Waals surface area contributed by atoms with Crippen LogP contribution in [0.5, 0.6) is 5.75 Å². The maximum atomic E-state index is 11.4. The average molecular weight is 671 g/mol. The van der Waals surface area contributed by atoms with Gasteiger partial charge in [0.05, 0.1) is 12.1 Å². The van der Waals surface area contributed by atoms with Crippen molar-refractivity contribution in [1.29, 1.82) is 5.41 Å². The molecule has 244 valence electrons. The Morgan fingerprint density at radius 1 is 0.957 bits per heavy atom. The predicted molar refractivity (Wildman–Crippen MR) is 193 cm³/mol. The zero-order valence-electron chi connectivity index (χ0n) is 26.7. The number of carbonyl (C=O) groups is 1. The molecular weight excluding hydrogens is 629 g/mol. The number of likely N-dealkylation sites (tertiary alicyclic amines) is 1. The summed E-state index contributed by atoms with van der Waals surface area (Å²) in [6.45, 7) is 5.01. The second-order valence-electron chi connectivity index (χ2n) is 12.3. The van der Waals surface area contributed by atoms with Crippen LogP contribution in [0.25, 0.3) is 22.3 Å². The number of hydrogen-bond acceptors (Lipinski definition) is 6. The van der Waals surface area contributed by atoms with Gasteiger partial charge in [0.2, 0.25) is 5.91 Å². The van der Waals surface area contributed by atoms with Gasteiger partial charge in [0.1, 0.15) is 5.75 Å². The maximum absolute atomic E-state index is 11.4. The van der Waals surface area contributed by atoms with E-state index in [1.54, 1.807) is 7.11 Å². The summed E-state index contributed by atoms with van der Waals surface area (Å²) in [6.07, 6.45) is 5.34. The van der Waals surface area contributed by atoms with Crippen LogP contribution in [0.1, 0.15) is 47.9 Å². The van der Waals surface area contributed by atoms with E-state index >= 15 is 0 Å². The van der Waals surface area contributed by atoms with Gasteiger partial charge in [0.15, 0.2) is 0 Å². The summed E-state index contributed by atoms with van der Waals surface area (Å²) >= 11 is 13.9. The highest BCUT2D eigenvalue weighted by atomic mass is 35.5. The van der Waals surface area contributed by atoms with Gasteiger partial charge in [0.25, 0.3) is 0 Å². The van der Waals surface area contributed by atoms with E-state index in [1.807, 2.05) is 48.5 Å². The van der Waals surface area contributed by atoms with Crippen LogP contribution >= 0.6 is 23.2 Å². The number of carbonyl (C=O) groups excluding carboxylic acids is 1. The van der Waals surface area contributed by atoms with Crippen molar-refractivity contribution in [3.8, 4) is 28.0 Å². The third-order valence-electron chi connectivity index (χ3n) is 9.12. The number of nitrogens with one attached hydrogen (secondary N) is 4. The fraction of sp³-hybridized carbons (Fsp3) is 0.316. The standard InChI is InChI=1S/C38H41Cl2N5O2/c1-47-36-19-27(34(39)18-28(36)24-45-16-2-3-17-45)22-43-35-9-5-7-31(33(35)20-41)32-8-4-6-30(38(32)40)26-12-10-25(11-13-26)21-42-23-29-14-15-37(46)44-29/h4-13,18-20,29,41-43H,2-3,14-17,21-24H2,1H3,(H,44,46). The molecule has 6 rings (SSSR count). The monoisotopic (exact) mass is 669 g/mol. The van der Waals surface area contributed by atoms with Crippen LogP contribution in [0.2, 0.25) is 10.0 Å². The molecule has 9 heteroatoms. The number of rotatable bonds is 13. The lowest BCUT2D eigenvalue weighted by atomic mass is 9.94. The summed E-state index contributed by atoms with van der Waals surface area (Å²) in [6, 6.07) is 24.6. The fourth-order valence-corrected chi connectivity index (χ4v) is 7.14. The Morgan fingerprint density at radius 2 is 1.70 bits per heavy atom. The number of nitrogens with zero attached hydrogens (tertiary/aromatic N) is 1. The van der Waals surface area contributed by atoms with E-state index in [1.165, 1.54) is 19.1 Å². The van der Waals surface area contributed by atoms with E-state index < -0.39 is 0 Å². The Morgan fingerprint density at radius 3 is 2.43 bits per heavy atom. The lowest BCUT2D eigenvalue weighted by molar-refractivity contribution is -0.119. The second-order valence-corrected chi connectivity index (χ2v) is 13.1. The highest BCUT2D eigenvalue weighted by molar-refractivity contribution is 6.36. The Kier molecular flexibility index (Phi) is 10.8. The number of halogens is 2. The van der Waals surface area contributed by atoms with Gasteiger partial charge >= 0.3 is 0 Å². The van der Waals surface area contributed by atoms with E-state index in [9.17, 15) is 4.79 Å². The molecule has 4 aromatic carbocycles. The number of benzene rings is 4. The van der Waals surface area contributed by atoms with Crippen molar-refractivity contribution >= 4 is 41.0 Å². The van der Waals surface area contributed by atoms with Gasteiger partial charge < -0.3 is 26.1 Å². The van der Waals surface area contributed by atoms with Gasteiger partial charge in [0, 0.05) is 77.8 Å². The number of methoxy groups -OCH3 is 1. The van der Waals surface area contributed by atoms with E-state index in [-0.39, 0.29) is 11.9 Å². The molecule has 47 heavy (non-hydrogen) atoms. The molecule has 1 unspecified atom stereocenters. The molecule has 0 radical (unpaired) electrons. The molecule has 2 aliphatic rings. The molecule has 7 nitrogen and oxygen atoms in total. The highest BCUT2D eigenvalue weighted by Gasteiger charge is 2.20. The highest BCUT2D eigenvalue weighted by Crippen LogP contribution is 2.39. The maximum Gasteiger partial charge on any atom is 0.220 e. The van der Waals surface area contributed by atoms with Crippen LogP contribution in [-0.2, 0) is 24.4 Å². The first-order chi connectivity index (χ1) is 22.9. The van der Waals surface area contributed by atoms with Gasteiger partial charge in [-0.3, -0.25) is 9.69 Å². The van der Waals surface area contributed by atoms with E-state index in [2.05, 4.69) is 45.1 Å². The summed E-state index contributed by atoms with van der Waals surface area (Å²) in [5, 5.41) is 19.6. The van der Waals surface area contributed by atoms with Crippen molar-refractivity contribution in [2.45, 2.75) is 51.4 Å². The van der Waals surface area contributed by atoms with Crippen molar-refractivity contribution in [3.63, 3.8) is 0 Å². The van der Waals surface area contributed by atoms with Gasteiger partial charge in [-0.2, -0.15) is 0 Å². The molecule has 0 aliphatic carbocycles.